The van der Waals surface area contributed by atoms with Crippen LogP contribution in [-0.2, 0) is 0 Å². The second-order valence-electron chi connectivity index (χ2n) is 9.12. The third-order valence-corrected chi connectivity index (χ3v) is 6.77. The van der Waals surface area contributed by atoms with E-state index in [0.29, 0.717) is 11.8 Å². The summed E-state index contributed by atoms with van der Waals surface area (Å²) in [4.78, 5) is 5.04. The summed E-state index contributed by atoms with van der Waals surface area (Å²) in [5.74, 6) is 2.07. The Morgan fingerprint density at radius 1 is 0.676 bits per heavy atom. The van der Waals surface area contributed by atoms with Gasteiger partial charge in [0.25, 0.3) is 0 Å². The lowest BCUT2D eigenvalue weighted by molar-refractivity contribution is 0.641. The molecule has 0 aliphatic heterocycles. The standard InChI is InChI=1S/C30H23N3O/c1-19(2)20-15-17-21(18-16-20)28-29(33-26-13-7-8-14-27(26)34-30(33)31-28)32-24-11-5-3-9-22(24)23-10-4-6-12-25(23)32/h3-19H,1-2H3. The highest BCUT2D eigenvalue weighted by Crippen LogP contribution is 2.38. The molecule has 4 heteroatoms. The molecule has 0 N–H and O–H groups in total. The zero-order valence-electron chi connectivity index (χ0n) is 19.1. The molecule has 4 aromatic carbocycles. The second-order valence-corrected chi connectivity index (χ2v) is 9.12. The van der Waals surface area contributed by atoms with Crippen molar-refractivity contribution in [3.8, 4) is 17.1 Å². The largest absolute Gasteiger partial charge is 0.423 e. The highest BCUT2D eigenvalue weighted by Gasteiger charge is 2.24. The van der Waals surface area contributed by atoms with Gasteiger partial charge in [-0.15, -0.1) is 0 Å². The van der Waals surface area contributed by atoms with Crippen LogP contribution in [0.15, 0.2) is 101 Å². The molecule has 0 atom stereocenters. The topological polar surface area (TPSA) is 35.4 Å². The van der Waals surface area contributed by atoms with Gasteiger partial charge in [0.15, 0.2) is 11.4 Å². The molecular weight excluding hydrogens is 418 g/mol. The van der Waals surface area contributed by atoms with Gasteiger partial charge in [-0.05, 0) is 35.7 Å². The number of hydrogen-bond donors (Lipinski definition) is 0. The maximum absolute atomic E-state index is 6.22. The third-order valence-electron chi connectivity index (χ3n) is 6.77. The van der Waals surface area contributed by atoms with E-state index in [2.05, 4.69) is 102 Å². The average molecular weight is 442 g/mol. The molecule has 0 amide bonds. The van der Waals surface area contributed by atoms with Crippen LogP contribution in [0.3, 0.4) is 0 Å². The summed E-state index contributed by atoms with van der Waals surface area (Å²) in [5.41, 5.74) is 7.43. The second kappa shape index (κ2) is 7.09. The first-order chi connectivity index (χ1) is 16.7. The molecule has 3 aromatic heterocycles. The molecule has 0 aliphatic rings. The fourth-order valence-corrected chi connectivity index (χ4v) is 5.08. The van der Waals surface area contributed by atoms with E-state index in [9.17, 15) is 0 Å². The number of benzene rings is 4. The van der Waals surface area contributed by atoms with Crippen LogP contribution >= 0.6 is 0 Å². The van der Waals surface area contributed by atoms with Gasteiger partial charge in [0.1, 0.15) is 5.69 Å². The highest BCUT2D eigenvalue weighted by molar-refractivity contribution is 6.09. The average Bonchev–Trinajstić information content (AvgIpc) is 3.52. The molecule has 0 saturated carbocycles. The maximum Gasteiger partial charge on any atom is 0.309 e. The Morgan fingerprint density at radius 3 is 1.91 bits per heavy atom. The van der Waals surface area contributed by atoms with Crippen LogP contribution < -0.4 is 0 Å². The van der Waals surface area contributed by atoms with E-state index < -0.39 is 0 Å². The van der Waals surface area contributed by atoms with Crippen LogP contribution in [0.2, 0.25) is 0 Å². The van der Waals surface area contributed by atoms with Gasteiger partial charge in [-0.1, -0.05) is 86.6 Å². The Balaban J connectivity index is 1.65. The minimum Gasteiger partial charge on any atom is -0.423 e. The summed E-state index contributed by atoms with van der Waals surface area (Å²) in [6.45, 7) is 4.43. The van der Waals surface area contributed by atoms with Crippen LogP contribution in [-0.4, -0.2) is 14.0 Å². The van der Waals surface area contributed by atoms with Gasteiger partial charge >= 0.3 is 5.84 Å². The first-order valence-electron chi connectivity index (χ1n) is 11.7. The number of oxazole rings is 1. The summed E-state index contributed by atoms with van der Waals surface area (Å²) in [6.07, 6.45) is 0. The van der Waals surface area contributed by atoms with Crippen LogP contribution in [0.5, 0.6) is 0 Å². The molecule has 0 unspecified atom stereocenters. The Bertz CT molecular complexity index is 1780. The van der Waals surface area contributed by atoms with E-state index >= 15 is 0 Å². The smallest absolute Gasteiger partial charge is 0.309 e. The number of rotatable bonds is 3. The molecule has 34 heavy (non-hydrogen) atoms. The Labute approximate surface area is 196 Å². The summed E-state index contributed by atoms with van der Waals surface area (Å²) >= 11 is 0. The number of para-hydroxylation sites is 4. The number of aromatic nitrogens is 3. The van der Waals surface area contributed by atoms with Crippen molar-refractivity contribution in [2.24, 2.45) is 0 Å². The molecule has 4 nitrogen and oxygen atoms in total. The van der Waals surface area contributed by atoms with Crippen molar-refractivity contribution in [3.05, 3.63) is 103 Å². The first kappa shape index (κ1) is 19.2. The summed E-state index contributed by atoms with van der Waals surface area (Å²) in [7, 11) is 0. The fourth-order valence-electron chi connectivity index (χ4n) is 5.08. The van der Waals surface area contributed by atoms with Crippen LogP contribution in [0.1, 0.15) is 25.3 Å². The lowest BCUT2D eigenvalue weighted by Crippen LogP contribution is -2.01. The van der Waals surface area contributed by atoms with Gasteiger partial charge in [-0.2, -0.15) is 4.98 Å². The molecule has 0 aliphatic carbocycles. The van der Waals surface area contributed by atoms with Crippen molar-refractivity contribution in [1.29, 1.82) is 0 Å². The van der Waals surface area contributed by atoms with Gasteiger partial charge in [0.2, 0.25) is 0 Å². The number of nitrogens with zero attached hydrogens (tertiary/aromatic N) is 3. The van der Waals surface area contributed by atoms with Gasteiger partial charge in [0.05, 0.1) is 16.6 Å². The number of hydrogen-bond acceptors (Lipinski definition) is 2. The van der Waals surface area contributed by atoms with Crippen molar-refractivity contribution < 1.29 is 4.42 Å². The molecule has 0 radical (unpaired) electrons. The predicted octanol–water partition coefficient (Wildman–Crippen LogP) is 7.97. The van der Waals surface area contributed by atoms with Gasteiger partial charge < -0.3 is 4.42 Å². The Hall–Kier alpha value is -4.31. The van der Waals surface area contributed by atoms with Crippen molar-refractivity contribution in [2.45, 2.75) is 19.8 Å². The molecule has 164 valence electrons. The number of imidazole rings is 1. The lowest BCUT2D eigenvalue weighted by atomic mass is 10.0. The highest BCUT2D eigenvalue weighted by atomic mass is 16.4. The molecular formula is C30H23N3O. The Morgan fingerprint density at radius 2 is 1.26 bits per heavy atom. The molecule has 3 heterocycles. The SMILES string of the molecule is CC(C)c1ccc(-c2nc3oc4ccccc4n3c2-n2c3ccccc3c3ccccc32)cc1. The molecule has 0 fully saturated rings. The van der Waals surface area contributed by atoms with Gasteiger partial charge in [-0.3, -0.25) is 4.57 Å². The third kappa shape index (κ3) is 2.62. The zero-order chi connectivity index (χ0) is 22.8. The van der Waals surface area contributed by atoms with E-state index in [-0.39, 0.29) is 0 Å². The molecule has 0 spiro atoms. The summed E-state index contributed by atoms with van der Waals surface area (Å²) in [5, 5.41) is 2.45. The van der Waals surface area contributed by atoms with Crippen molar-refractivity contribution >= 4 is 38.7 Å². The molecule has 7 rings (SSSR count). The van der Waals surface area contributed by atoms with Crippen LogP contribution in [0, 0.1) is 0 Å². The molecule has 0 saturated heterocycles. The summed E-state index contributed by atoms with van der Waals surface area (Å²) in [6, 6.07) is 34.0. The quantitative estimate of drug-likeness (QED) is 0.279. The predicted molar refractivity (Wildman–Crippen MR) is 139 cm³/mol. The van der Waals surface area contributed by atoms with Gasteiger partial charge in [0, 0.05) is 16.3 Å². The zero-order valence-corrected chi connectivity index (χ0v) is 19.1. The van der Waals surface area contributed by atoms with E-state index in [4.69, 9.17) is 9.40 Å². The minimum absolute atomic E-state index is 0.480. The van der Waals surface area contributed by atoms with Crippen molar-refractivity contribution in [3.63, 3.8) is 0 Å². The lowest BCUT2D eigenvalue weighted by Gasteiger charge is -2.11. The van der Waals surface area contributed by atoms with Gasteiger partial charge in [-0.25, -0.2) is 4.40 Å². The first-order valence-corrected chi connectivity index (χ1v) is 11.7. The molecule has 7 aromatic rings. The van der Waals surface area contributed by atoms with E-state index in [1.54, 1.807) is 0 Å². The van der Waals surface area contributed by atoms with Crippen molar-refractivity contribution in [1.82, 2.24) is 14.0 Å². The van der Waals surface area contributed by atoms with E-state index in [0.717, 1.165) is 39.2 Å². The monoisotopic (exact) mass is 441 g/mol. The summed E-state index contributed by atoms with van der Waals surface area (Å²) < 4.78 is 10.7. The van der Waals surface area contributed by atoms with E-state index in [1.807, 2.05) is 18.2 Å². The van der Waals surface area contributed by atoms with E-state index in [1.165, 1.54) is 16.3 Å². The van der Waals surface area contributed by atoms with Crippen LogP contribution in [0.4, 0.5) is 0 Å². The number of fused-ring (bicyclic) bond motifs is 6. The normalized spacial score (nSPS) is 12.1. The fraction of sp³-hybridized carbons (Fsp3) is 0.100. The maximum atomic E-state index is 6.22. The minimum atomic E-state index is 0.480. The van der Waals surface area contributed by atoms with Crippen LogP contribution in [0.25, 0.3) is 55.8 Å². The Kier molecular flexibility index (Phi) is 4.00. The van der Waals surface area contributed by atoms with Crippen molar-refractivity contribution in [2.75, 3.05) is 0 Å². The molecule has 0 bridgehead atoms.